The number of carboxylic acids is 1. The second kappa shape index (κ2) is 5.36. The number of aliphatic carboxylic acids is 1. The van der Waals surface area contributed by atoms with Crippen molar-refractivity contribution >= 4 is 17.6 Å². The number of nitrogens with zero attached hydrogens (tertiary/aromatic N) is 2. The van der Waals surface area contributed by atoms with Gasteiger partial charge in [0.1, 0.15) is 5.92 Å². The molecule has 106 valence electrons. The van der Waals surface area contributed by atoms with E-state index in [-0.39, 0.29) is 18.9 Å². The van der Waals surface area contributed by atoms with Gasteiger partial charge in [-0.05, 0) is 23.3 Å². The lowest BCUT2D eigenvalue weighted by Crippen LogP contribution is -2.32. The van der Waals surface area contributed by atoms with E-state index in [1.54, 1.807) is 41.6 Å². The lowest BCUT2D eigenvalue weighted by atomic mass is 10.0. The lowest BCUT2D eigenvalue weighted by molar-refractivity contribution is -0.138. The van der Waals surface area contributed by atoms with E-state index in [0.717, 1.165) is 5.56 Å². The summed E-state index contributed by atoms with van der Waals surface area (Å²) < 4.78 is 0. The quantitative estimate of drug-likeness (QED) is 0.932. The first-order valence-electron chi connectivity index (χ1n) is 6.68. The highest BCUT2D eigenvalue weighted by Gasteiger charge is 2.36. The van der Waals surface area contributed by atoms with E-state index < -0.39 is 11.9 Å². The van der Waals surface area contributed by atoms with Crippen LogP contribution < -0.4 is 4.90 Å². The molecule has 0 radical (unpaired) electrons. The molecule has 1 atom stereocenters. The number of hydrogen-bond acceptors (Lipinski definition) is 3. The molecule has 1 N–H and O–H groups in total. The van der Waals surface area contributed by atoms with E-state index in [1.165, 1.54) is 0 Å². The summed E-state index contributed by atoms with van der Waals surface area (Å²) in [5.41, 5.74) is 2.21. The first kappa shape index (κ1) is 13.3. The van der Waals surface area contributed by atoms with Crippen LogP contribution in [0.25, 0.3) is 0 Å². The second-order valence-corrected chi connectivity index (χ2v) is 4.99. The van der Waals surface area contributed by atoms with Gasteiger partial charge in [0, 0.05) is 24.6 Å². The third kappa shape index (κ3) is 2.50. The van der Waals surface area contributed by atoms with Gasteiger partial charge >= 0.3 is 5.97 Å². The molecule has 0 saturated carbocycles. The van der Waals surface area contributed by atoms with Crippen molar-refractivity contribution in [1.29, 1.82) is 0 Å². The molecule has 1 aliphatic rings. The van der Waals surface area contributed by atoms with Crippen LogP contribution in [0, 0.1) is 0 Å². The Hall–Kier alpha value is -2.69. The molecule has 1 aromatic carbocycles. The molecule has 0 bridgehead atoms. The van der Waals surface area contributed by atoms with Gasteiger partial charge in [-0.2, -0.15) is 0 Å². The Labute approximate surface area is 121 Å². The maximum Gasteiger partial charge on any atom is 0.312 e. The van der Waals surface area contributed by atoms with Crippen molar-refractivity contribution in [3.05, 3.63) is 59.9 Å². The zero-order chi connectivity index (χ0) is 14.8. The first-order chi connectivity index (χ1) is 10.2. The van der Waals surface area contributed by atoms with Gasteiger partial charge in [0.2, 0.25) is 5.91 Å². The average Bonchev–Trinajstić information content (AvgIpc) is 2.88. The summed E-state index contributed by atoms with van der Waals surface area (Å²) in [7, 11) is 0. The molecule has 0 fully saturated rings. The molecule has 1 aromatic heterocycles. The van der Waals surface area contributed by atoms with Crippen LogP contribution in [-0.4, -0.2) is 28.5 Å². The van der Waals surface area contributed by atoms with Crippen molar-refractivity contribution in [1.82, 2.24) is 4.98 Å². The molecule has 0 aliphatic carbocycles. The summed E-state index contributed by atoms with van der Waals surface area (Å²) in [5.74, 6) is -1.67. The summed E-state index contributed by atoms with van der Waals surface area (Å²) in [4.78, 5) is 29.3. The average molecular weight is 282 g/mol. The molecule has 2 aromatic rings. The number of para-hydroxylation sites is 1. The molecule has 21 heavy (non-hydrogen) atoms. The van der Waals surface area contributed by atoms with Gasteiger partial charge in [0.25, 0.3) is 0 Å². The summed E-state index contributed by atoms with van der Waals surface area (Å²) in [6, 6.07) is 10.8. The Morgan fingerprint density at radius 1 is 1.24 bits per heavy atom. The number of pyridine rings is 1. The van der Waals surface area contributed by atoms with Gasteiger partial charge in [-0.1, -0.05) is 24.3 Å². The van der Waals surface area contributed by atoms with E-state index in [9.17, 15) is 14.7 Å². The summed E-state index contributed by atoms with van der Waals surface area (Å²) in [6.45, 7) is 0.188. The highest BCUT2D eigenvalue weighted by atomic mass is 16.4. The Morgan fingerprint density at radius 2 is 2.05 bits per heavy atom. The standard InChI is InChI=1S/C16H14N2O3/c19-15(8-11-4-3-7-17-9-11)18-10-13(16(20)21)12-5-1-2-6-14(12)18/h1-7,9,13H,8,10H2,(H,20,21). The number of carbonyl (C=O) groups is 2. The Morgan fingerprint density at radius 3 is 2.76 bits per heavy atom. The number of rotatable bonds is 3. The highest BCUT2D eigenvalue weighted by Crippen LogP contribution is 2.36. The molecule has 5 heteroatoms. The maximum absolute atomic E-state index is 12.5. The van der Waals surface area contributed by atoms with Crippen LogP contribution in [0.4, 0.5) is 5.69 Å². The van der Waals surface area contributed by atoms with Crippen molar-refractivity contribution in [2.24, 2.45) is 0 Å². The van der Waals surface area contributed by atoms with Crippen LogP contribution in [0.1, 0.15) is 17.0 Å². The largest absolute Gasteiger partial charge is 0.481 e. The fourth-order valence-corrected chi connectivity index (χ4v) is 2.63. The fourth-order valence-electron chi connectivity index (χ4n) is 2.63. The molecule has 5 nitrogen and oxygen atoms in total. The molecular weight excluding hydrogens is 268 g/mol. The second-order valence-electron chi connectivity index (χ2n) is 4.99. The fraction of sp³-hybridized carbons (Fsp3) is 0.188. The van der Waals surface area contributed by atoms with Gasteiger partial charge < -0.3 is 10.0 Å². The number of amides is 1. The van der Waals surface area contributed by atoms with Crippen LogP contribution in [0.2, 0.25) is 0 Å². The minimum absolute atomic E-state index is 0.112. The van der Waals surface area contributed by atoms with Gasteiger partial charge in [-0.15, -0.1) is 0 Å². The Balaban J connectivity index is 1.86. The first-order valence-corrected chi connectivity index (χ1v) is 6.68. The zero-order valence-electron chi connectivity index (χ0n) is 11.3. The number of anilines is 1. The highest BCUT2D eigenvalue weighted by molar-refractivity contribution is 5.99. The molecule has 1 aliphatic heterocycles. The van der Waals surface area contributed by atoms with Crippen molar-refractivity contribution in [3.63, 3.8) is 0 Å². The molecule has 0 saturated heterocycles. The topological polar surface area (TPSA) is 70.5 Å². The van der Waals surface area contributed by atoms with Crippen molar-refractivity contribution in [2.75, 3.05) is 11.4 Å². The van der Waals surface area contributed by atoms with Crippen LogP contribution in [0.5, 0.6) is 0 Å². The minimum Gasteiger partial charge on any atom is -0.481 e. The van der Waals surface area contributed by atoms with Gasteiger partial charge in [0.05, 0.1) is 6.42 Å². The number of carboxylic acid groups (broad SMARTS) is 1. The molecule has 0 spiro atoms. The van der Waals surface area contributed by atoms with Crippen LogP contribution in [0.3, 0.4) is 0 Å². The van der Waals surface area contributed by atoms with Crippen LogP contribution in [0.15, 0.2) is 48.8 Å². The molecule has 1 unspecified atom stereocenters. The summed E-state index contributed by atoms with van der Waals surface area (Å²) in [5, 5.41) is 9.30. The maximum atomic E-state index is 12.5. The summed E-state index contributed by atoms with van der Waals surface area (Å²) in [6.07, 6.45) is 3.52. The van der Waals surface area contributed by atoms with Crippen LogP contribution >= 0.6 is 0 Å². The van der Waals surface area contributed by atoms with Gasteiger partial charge in [-0.3, -0.25) is 14.6 Å². The third-order valence-corrected chi connectivity index (χ3v) is 3.65. The molecule has 3 rings (SSSR count). The number of benzene rings is 1. The molecular formula is C16H14N2O3. The Bertz CT molecular complexity index is 685. The van der Waals surface area contributed by atoms with E-state index in [2.05, 4.69) is 4.98 Å². The van der Waals surface area contributed by atoms with Gasteiger partial charge in [-0.25, -0.2) is 0 Å². The summed E-state index contributed by atoms with van der Waals surface area (Å²) >= 11 is 0. The van der Waals surface area contributed by atoms with E-state index in [1.807, 2.05) is 12.1 Å². The van der Waals surface area contributed by atoms with Crippen molar-refractivity contribution in [2.45, 2.75) is 12.3 Å². The number of fused-ring (bicyclic) bond motifs is 1. The van der Waals surface area contributed by atoms with Crippen LogP contribution in [-0.2, 0) is 16.0 Å². The SMILES string of the molecule is O=C(O)C1CN(C(=O)Cc2cccnc2)c2ccccc21. The van der Waals surface area contributed by atoms with Crippen molar-refractivity contribution < 1.29 is 14.7 Å². The third-order valence-electron chi connectivity index (χ3n) is 3.65. The number of aromatic nitrogens is 1. The normalized spacial score (nSPS) is 16.6. The molecule has 2 heterocycles. The predicted octanol–water partition coefficient (Wildman–Crippen LogP) is 1.84. The number of hydrogen-bond donors (Lipinski definition) is 1. The van der Waals surface area contributed by atoms with Crippen molar-refractivity contribution in [3.8, 4) is 0 Å². The monoisotopic (exact) mass is 282 g/mol. The minimum atomic E-state index is -0.904. The lowest BCUT2D eigenvalue weighted by Gasteiger charge is -2.17. The predicted molar refractivity (Wildman–Crippen MR) is 77.1 cm³/mol. The Kier molecular flexibility index (Phi) is 3.39. The molecule has 1 amide bonds. The zero-order valence-corrected chi connectivity index (χ0v) is 11.3. The smallest absolute Gasteiger partial charge is 0.312 e. The van der Waals surface area contributed by atoms with Gasteiger partial charge in [0.15, 0.2) is 0 Å². The van der Waals surface area contributed by atoms with E-state index >= 15 is 0 Å². The van der Waals surface area contributed by atoms with E-state index in [4.69, 9.17) is 0 Å². The van der Waals surface area contributed by atoms with E-state index in [0.29, 0.717) is 11.3 Å². The number of carbonyl (C=O) groups excluding carboxylic acids is 1.